The first-order chi connectivity index (χ1) is 7.76. The van der Waals surface area contributed by atoms with E-state index in [0.29, 0.717) is 12.4 Å². The summed E-state index contributed by atoms with van der Waals surface area (Å²) in [6.07, 6.45) is 0.770. The van der Waals surface area contributed by atoms with Crippen LogP contribution in [0.3, 0.4) is 0 Å². The molecule has 0 atom stereocenters. The molecule has 1 rings (SSSR count). The van der Waals surface area contributed by atoms with Crippen molar-refractivity contribution in [3.05, 3.63) is 23.7 Å². The van der Waals surface area contributed by atoms with Crippen LogP contribution in [0.4, 0.5) is 0 Å². The summed E-state index contributed by atoms with van der Waals surface area (Å²) in [4.78, 5) is 0. The Labute approximate surface area is 105 Å². The number of aliphatic hydroxyl groups is 1. The zero-order valence-corrected chi connectivity index (χ0v) is 12.5. The van der Waals surface area contributed by atoms with E-state index in [0.717, 1.165) is 12.2 Å². The lowest BCUT2D eigenvalue weighted by Crippen LogP contribution is -2.41. The summed E-state index contributed by atoms with van der Waals surface area (Å²) < 4.78 is 11.5. The van der Waals surface area contributed by atoms with Crippen molar-refractivity contribution < 1.29 is 13.9 Å². The topological polar surface area (TPSA) is 42.6 Å². The van der Waals surface area contributed by atoms with Gasteiger partial charge in [-0.3, -0.25) is 0 Å². The second-order valence-corrected chi connectivity index (χ2v) is 10.7. The quantitative estimate of drug-likeness (QED) is 0.822. The van der Waals surface area contributed by atoms with Crippen molar-refractivity contribution in [2.75, 3.05) is 6.61 Å². The molecule has 0 aliphatic carbocycles. The molecule has 0 aromatic carbocycles. The van der Waals surface area contributed by atoms with Gasteiger partial charge in [-0.15, -0.1) is 0 Å². The first kappa shape index (κ1) is 14.5. The standard InChI is InChI=1S/C13H24O3Si/c1-13(2,3)17(4,5)15-9-8-11-6-7-12(10-14)16-11/h6-7,14H,8-10H2,1-5H3. The molecule has 0 fully saturated rings. The smallest absolute Gasteiger partial charge is 0.191 e. The van der Waals surface area contributed by atoms with Crippen molar-refractivity contribution in [1.82, 2.24) is 0 Å². The van der Waals surface area contributed by atoms with Gasteiger partial charge in [0.1, 0.15) is 18.1 Å². The van der Waals surface area contributed by atoms with Crippen LogP contribution in [0.2, 0.25) is 18.1 Å². The van der Waals surface area contributed by atoms with Gasteiger partial charge in [0.15, 0.2) is 8.32 Å². The maximum Gasteiger partial charge on any atom is 0.191 e. The lowest BCUT2D eigenvalue weighted by atomic mass is 10.2. The van der Waals surface area contributed by atoms with E-state index in [1.807, 2.05) is 12.1 Å². The molecule has 0 bridgehead atoms. The van der Waals surface area contributed by atoms with Crippen molar-refractivity contribution >= 4 is 8.32 Å². The highest BCUT2D eigenvalue weighted by molar-refractivity contribution is 6.74. The van der Waals surface area contributed by atoms with Crippen LogP contribution in [0, 0.1) is 0 Å². The Balaban J connectivity index is 2.42. The highest BCUT2D eigenvalue weighted by Gasteiger charge is 2.36. The van der Waals surface area contributed by atoms with Gasteiger partial charge in [-0.1, -0.05) is 20.8 Å². The molecule has 3 nitrogen and oxygen atoms in total. The Morgan fingerprint density at radius 1 is 1.24 bits per heavy atom. The van der Waals surface area contributed by atoms with Crippen LogP contribution in [0.25, 0.3) is 0 Å². The number of rotatable bonds is 5. The van der Waals surface area contributed by atoms with Crippen LogP contribution >= 0.6 is 0 Å². The Morgan fingerprint density at radius 3 is 2.29 bits per heavy atom. The van der Waals surface area contributed by atoms with Crippen molar-refractivity contribution in [2.24, 2.45) is 0 Å². The molecule has 0 unspecified atom stereocenters. The minimum Gasteiger partial charge on any atom is -0.464 e. The van der Waals surface area contributed by atoms with E-state index in [1.165, 1.54) is 0 Å². The molecular formula is C13H24O3Si. The summed E-state index contributed by atoms with van der Waals surface area (Å²) in [5, 5.41) is 9.14. The Kier molecular flexibility index (Phi) is 4.58. The molecule has 0 saturated heterocycles. The van der Waals surface area contributed by atoms with E-state index in [1.54, 1.807) is 0 Å². The van der Waals surface area contributed by atoms with E-state index >= 15 is 0 Å². The third-order valence-corrected chi connectivity index (χ3v) is 8.03. The number of furan rings is 1. The molecule has 0 spiro atoms. The third kappa shape index (κ3) is 3.98. The van der Waals surface area contributed by atoms with Gasteiger partial charge in [-0.25, -0.2) is 0 Å². The van der Waals surface area contributed by atoms with Crippen molar-refractivity contribution in [2.45, 2.75) is 51.9 Å². The Bertz CT molecular complexity index is 350. The SMILES string of the molecule is CC(C)(C)[Si](C)(C)OCCc1ccc(CO)o1. The van der Waals surface area contributed by atoms with Crippen molar-refractivity contribution in [3.63, 3.8) is 0 Å². The normalized spacial score (nSPS) is 13.1. The second-order valence-electron chi connectivity index (χ2n) is 5.88. The van der Waals surface area contributed by atoms with Crippen molar-refractivity contribution in [1.29, 1.82) is 0 Å². The van der Waals surface area contributed by atoms with Crippen LogP contribution in [0.5, 0.6) is 0 Å². The van der Waals surface area contributed by atoms with Gasteiger partial charge < -0.3 is 13.9 Å². The average Bonchev–Trinajstić information content (AvgIpc) is 2.63. The van der Waals surface area contributed by atoms with Crippen LogP contribution in [0.1, 0.15) is 32.3 Å². The van der Waals surface area contributed by atoms with E-state index in [2.05, 4.69) is 33.9 Å². The van der Waals surface area contributed by atoms with E-state index in [-0.39, 0.29) is 11.6 Å². The fraction of sp³-hybridized carbons (Fsp3) is 0.692. The van der Waals surface area contributed by atoms with E-state index in [4.69, 9.17) is 13.9 Å². The monoisotopic (exact) mass is 256 g/mol. The van der Waals surface area contributed by atoms with Gasteiger partial charge in [0.05, 0.1) is 0 Å². The van der Waals surface area contributed by atoms with Gasteiger partial charge >= 0.3 is 0 Å². The maximum absolute atomic E-state index is 8.89. The number of hydrogen-bond donors (Lipinski definition) is 1. The van der Waals surface area contributed by atoms with Crippen LogP contribution in [0.15, 0.2) is 16.5 Å². The Hall–Kier alpha value is -0.583. The van der Waals surface area contributed by atoms with Crippen molar-refractivity contribution in [3.8, 4) is 0 Å². The first-order valence-electron chi connectivity index (χ1n) is 6.09. The lowest BCUT2D eigenvalue weighted by Gasteiger charge is -2.36. The molecule has 17 heavy (non-hydrogen) atoms. The zero-order chi connectivity index (χ0) is 13.1. The first-order valence-corrected chi connectivity index (χ1v) is 8.99. The summed E-state index contributed by atoms with van der Waals surface area (Å²) in [5.41, 5.74) is 0. The molecule has 1 N–H and O–H groups in total. The third-order valence-electron chi connectivity index (χ3n) is 3.49. The minimum atomic E-state index is -1.65. The average molecular weight is 256 g/mol. The molecule has 0 aliphatic heterocycles. The van der Waals surface area contributed by atoms with E-state index in [9.17, 15) is 0 Å². The summed E-state index contributed by atoms with van der Waals surface area (Å²) in [7, 11) is -1.65. The maximum atomic E-state index is 8.89. The summed E-state index contributed by atoms with van der Waals surface area (Å²) >= 11 is 0. The predicted molar refractivity (Wildman–Crippen MR) is 71.5 cm³/mol. The highest BCUT2D eigenvalue weighted by Crippen LogP contribution is 2.36. The summed E-state index contributed by atoms with van der Waals surface area (Å²) in [6, 6.07) is 3.71. The van der Waals surface area contributed by atoms with E-state index < -0.39 is 8.32 Å². The fourth-order valence-corrected chi connectivity index (χ4v) is 2.31. The Morgan fingerprint density at radius 2 is 1.82 bits per heavy atom. The molecule has 0 radical (unpaired) electrons. The largest absolute Gasteiger partial charge is 0.464 e. The molecule has 1 heterocycles. The molecule has 0 amide bonds. The molecule has 1 aromatic heterocycles. The van der Waals surface area contributed by atoms with Crippen LogP contribution in [-0.4, -0.2) is 20.0 Å². The second kappa shape index (κ2) is 5.37. The van der Waals surface area contributed by atoms with Gasteiger partial charge in [0.2, 0.25) is 0 Å². The summed E-state index contributed by atoms with van der Waals surface area (Å²) in [5.74, 6) is 1.50. The molecule has 1 aromatic rings. The van der Waals surface area contributed by atoms with Gasteiger partial charge in [-0.05, 0) is 30.3 Å². The van der Waals surface area contributed by atoms with Crippen LogP contribution in [-0.2, 0) is 17.5 Å². The lowest BCUT2D eigenvalue weighted by molar-refractivity contribution is 0.237. The van der Waals surface area contributed by atoms with Gasteiger partial charge in [-0.2, -0.15) is 0 Å². The number of hydrogen-bond acceptors (Lipinski definition) is 3. The number of aliphatic hydroxyl groups excluding tert-OH is 1. The summed E-state index contributed by atoms with van der Waals surface area (Å²) in [6.45, 7) is 11.8. The zero-order valence-electron chi connectivity index (χ0n) is 11.5. The molecule has 4 heteroatoms. The molecule has 98 valence electrons. The molecule has 0 saturated carbocycles. The minimum absolute atomic E-state index is 0.0386. The fourth-order valence-electron chi connectivity index (χ4n) is 1.26. The van der Waals surface area contributed by atoms with Gasteiger partial charge in [0.25, 0.3) is 0 Å². The van der Waals surface area contributed by atoms with Gasteiger partial charge in [0, 0.05) is 13.0 Å². The molecule has 0 aliphatic rings. The molecular weight excluding hydrogens is 232 g/mol. The van der Waals surface area contributed by atoms with Crippen LogP contribution < -0.4 is 0 Å². The predicted octanol–water partition coefficient (Wildman–Crippen LogP) is 3.34. The highest BCUT2D eigenvalue weighted by atomic mass is 28.4.